The lowest BCUT2D eigenvalue weighted by molar-refractivity contribution is -0.307. The molecule has 2 rings (SSSR count). The van der Waals surface area contributed by atoms with Crippen LogP contribution in [0, 0.1) is 5.82 Å². The van der Waals surface area contributed by atoms with Crippen LogP contribution in [0.1, 0.15) is 22.8 Å². The molecule has 0 heterocycles. The normalized spacial score (nSPS) is 12.8. The molecule has 1 atom stereocenters. The fourth-order valence-corrected chi connectivity index (χ4v) is 3.18. The molecule has 0 aliphatic heterocycles. The molecule has 0 saturated heterocycles. The van der Waals surface area contributed by atoms with E-state index in [-0.39, 0.29) is 22.1 Å². The van der Waals surface area contributed by atoms with Gasteiger partial charge in [0.15, 0.2) is 5.78 Å². The van der Waals surface area contributed by atoms with Crippen LogP contribution in [0.2, 0.25) is 0 Å². The first-order valence-corrected chi connectivity index (χ1v) is 8.98. The minimum absolute atomic E-state index is 0.176. The Bertz CT molecular complexity index is 935. The maximum absolute atomic E-state index is 12.8. The zero-order valence-corrected chi connectivity index (χ0v) is 14.5. The summed E-state index contributed by atoms with van der Waals surface area (Å²) in [5, 5.41) is 10.6. The number of carboxylic acid groups (broad SMARTS) is 1. The van der Waals surface area contributed by atoms with Crippen LogP contribution in [0.5, 0.6) is 0 Å². The van der Waals surface area contributed by atoms with E-state index in [1.807, 2.05) is 4.72 Å². The van der Waals surface area contributed by atoms with Crippen LogP contribution in [0.25, 0.3) is 6.08 Å². The maximum atomic E-state index is 12.8. The van der Waals surface area contributed by atoms with Crippen molar-refractivity contribution in [2.45, 2.75) is 17.9 Å². The number of carbonyl (C=O) groups is 2. The predicted molar refractivity (Wildman–Crippen MR) is 91.0 cm³/mol. The van der Waals surface area contributed by atoms with E-state index in [0.717, 1.165) is 6.92 Å². The molecule has 0 unspecified atom stereocenters. The van der Waals surface area contributed by atoms with Crippen LogP contribution in [0.3, 0.4) is 0 Å². The number of aliphatic carboxylic acids is 1. The molecule has 0 aliphatic rings. The summed E-state index contributed by atoms with van der Waals surface area (Å²) in [6.45, 7) is 1.14. The Labute approximate surface area is 150 Å². The second-order valence-electron chi connectivity index (χ2n) is 5.44. The van der Waals surface area contributed by atoms with Gasteiger partial charge in [0.1, 0.15) is 5.82 Å². The Kier molecular flexibility index (Phi) is 6.01. The van der Waals surface area contributed by atoms with Gasteiger partial charge in [0, 0.05) is 5.56 Å². The molecule has 136 valence electrons. The Morgan fingerprint density at radius 2 is 1.65 bits per heavy atom. The van der Waals surface area contributed by atoms with Gasteiger partial charge in [-0.25, -0.2) is 17.5 Å². The van der Waals surface area contributed by atoms with Crippen LogP contribution >= 0.6 is 0 Å². The van der Waals surface area contributed by atoms with Gasteiger partial charge in [0.05, 0.1) is 16.9 Å². The number of carbonyl (C=O) groups excluding carboxylic acids is 2. The number of rotatable bonds is 7. The predicted octanol–water partition coefficient (Wildman–Crippen LogP) is 1.14. The zero-order chi connectivity index (χ0) is 19.3. The van der Waals surface area contributed by atoms with Crippen LogP contribution < -0.4 is 9.83 Å². The van der Waals surface area contributed by atoms with Gasteiger partial charge in [-0.2, -0.15) is 0 Å². The van der Waals surface area contributed by atoms with Crippen molar-refractivity contribution in [3.63, 3.8) is 0 Å². The standard InChI is InChI=1S/C18H16FNO5S/c1-12(18(22)23)20-26(24,25)16-9-5-14(6-10-16)17(21)11-4-13-2-7-15(19)8-3-13/h2-12,20H,1H3,(H,22,23)/p-1/b11-4+/t12-/m0/s1. The Morgan fingerprint density at radius 1 is 1.08 bits per heavy atom. The number of sulfonamides is 1. The van der Waals surface area contributed by atoms with E-state index in [2.05, 4.69) is 0 Å². The average molecular weight is 376 g/mol. The highest BCUT2D eigenvalue weighted by atomic mass is 32.2. The zero-order valence-electron chi connectivity index (χ0n) is 13.7. The van der Waals surface area contributed by atoms with Gasteiger partial charge < -0.3 is 9.90 Å². The summed E-state index contributed by atoms with van der Waals surface area (Å²) in [6, 6.07) is 9.20. The number of allylic oxidation sites excluding steroid dienone is 1. The van der Waals surface area contributed by atoms with E-state index in [0.29, 0.717) is 5.56 Å². The lowest BCUT2D eigenvalue weighted by Crippen LogP contribution is -2.45. The van der Waals surface area contributed by atoms with Crippen LogP contribution in [-0.2, 0) is 14.8 Å². The molecule has 1 N–H and O–H groups in total. The summed E-state index contributed by atoms with van der Waals surface area (Å²) in [6.07, 6.45) is 2.79. The van der Waals surface area contributed by atoms with Crippen molar-refractivity contribution in [3.8, 4) is 0 Å². The van der Waals surface area contributed by atoms with Crippen molar-refractivity contribution in [3.05, 3.63) is 71.6 Å². The van der Waals surface area contributed by atoms with Crippen molar-refractivity contribution in [1.82, 2.24) is 4.72 Å². The molecule has 0 spiro atoms. The molecule has 0 fully saturated rings. The molecule has 0 radical (unpaired) electrons. The number of ketones is 1. The van der Waals surface area contributed by atoms with E-state index in [1.54, 1.807) is 0 Å². The van der Waals surface area contributed by atoms with Gasteiger partial charge in [-0.05, 0) is 55.0 Å². The summed E-state index contributed by atoms with van der Waals surface area (Å²) >= 11 is 0. The Morgan fingerprint density at radius 3 is 2.19 bits per heavy atom. The molecule has 0 aromatic heterocycles. The third-order valence-corrected chi connectivity index (χ3v) is 4.99. The molecule has 26 heavy (non-hydrogen) atoms. The fourth-order valence-electron chi connectivity index (χ4n) is 1.99. The van der Waals surface area contributed by atoms with E-state index >= 15 is 0 Å². The highest BCUT2D eigenvalue weighted by Gasteiger charge is 2.18. The largest absolute Gasteiger partial charge is 0.548 e. The summed E-state index contributed by atoms with van der Waals surface area (Å²) in [4.78, 5) is 22.6. The number of benzene rings is 2. The molecule has 8 heteroatoms. The first-order chi connectivity index (χ1) is 12.2. The van der Waals surface area contributed by atoms with Gasteiger partial charge in [-0.3, -0.25) is 4.79 Å². The average Bonchev–Trinajstić information content (AvgIpc) is 2.60. The van der Waals surface area contributed by atoms with E-state index in [4.69, 9.17) is 0 Å². The lowest BCUT2D eigenvalue weighted by Gasteiger charge is -2.14. The first-order valence-electron chi connectivity index (χ1n) is 7.50. The molecule has 2 aromatic carbocycles. The Balaban J connectivity index is 2.12. The van der Waals surface area contributed by atoms with Crippen molar-refractivity contribution in [2.24, 2.45) is 0 Å². The minimum Gasteiger partial charge on any atom is -0.548 e. The molecular weight excluding hydrogens is 361 g/mol. The van der Waals surface area contributed by atoms with Crippen molar-refractivity contribution >= 4 is 27.9 Å². The van der Waals surface area contributed by atoms with Gasteiger partial charge >= 0.3 is 0 Å². The quantitative estimate of drug-likeness (QED) is 0.576. The summed E-state index contributed by atoms with van der Waals surface area (Å²) in [5.74, 6) is -2.30. The molecule has 0 amide bonds. The van der Waals surface area contributed by atoms with Crippen LogP contribution in [0.15, 0.2) is 59.5 Å². The number of hydrogen-bond donors (Lipinski definition) is 1. The van der Waals surface area contributed by atoms with Gasteiger partial charge in [0.25, 0.3) is 0 Å². The fraction of sp³-hybridized carbons (Fsp3) is 0.111. The smallest absolute Gasteiger partial charge is 0.241 e. The van der Waals surface area contributed by atoms with Crippen molar-refractivity contribution in [2.75, 3.05) is 0 Å². The van der Waals surface area contributed by atoms with Gasteiger partial charge in [0.2, 0.25) is 10.0 Å². The maximum Gasteiger partial charge on any atom is 0.241 e. The van der Waals surface area contributed by atoms with Crippen LogP contribution in [-0.4, -0.2) is 26.2 Å². The number of carboxylic acids is 1. The van der Waals surface area contributed by atoms with E-state index in [9.17, 15) is 27.5 Å². The molecule has 0 saturated carbocycles. The monoisotopic (exact) mass is 376 g/mol. The summed E-state index contributed by atoms with van der Waals surface area (Å²) < 4.78 is 38.8. The summed E-state index contributed by atoms with van der Waals surface area (Å²) in [5.41, 5.74) is 0.884. The highest BCUT2D eigenvalue weighted by molar-refractivity contribution is 7.89. The Hall–Kier alpha value is -2.84. The molecule has 0 aliphatic carbocycles. The van der Waals surface area contributed by atoms with E-state index in [1.165, 1.54) is 60.7 Å². The number of nitrogens with one attached hydrogen (secondary N) is 1. The third kappa shape index (κ3) is 5.08. The molecule has 0 bridgehead atoms. The molecular formula is C18H15FNO5S-. The number of halogens is 1. The van der Waals surface area contributed by atoms with Gasteiger partial charge in [-0.15, -0.1) is 0 Å². The number of hydrogen-bond acceptors (Lipinski definition) is 5. The SMILES string of the molecule is C[C@H](NS(=O)(=O)c1ccc(C(=O)/C=C/c2ccc(F)cc2)cc1)C(=O)[O-]. The molecule has 2 aromatic rings. The topological polar surface area (TPSA) is 103 Å². The minimum atomic E-state index is -4.04. The van der Waals surface area contributed by atoms with Crippen molar-refractivity contribution < 1.29 is 27.5 Å². The van der Waals surface area contributed by atoms with E-state index < -0.39 is 22.0 Å². The van der Waals surface area contributed by atoms with Crippen molar-refractivity contribution in [1.29, 1.82) is 0 Å². The second-order valence-corrected chi connectivity index (χ2v) is 7.15. The second kappa shape index (κ2) is 8.03. The first kappa shape index (κ1) is 19.5. The third-order valence-electron chi connectivity index (χ3n) is 3.43. The van der Waals surface area contributed by atoms with Gasteiger partial charge in [-0.1, -0.05) is 18.2 Å². The lowest BCUT2D eigenvalue weighted by atomic mass is 10.1. The summed E-state index contributed by atoms with van der Waals surface area (Å²) in [7, 11) is -4.04. The molecule has 6 nitrogen and oxygen atoms in total. The van der Waals surface area contributed by atoms with Crippen LogP contribution in [0.4, 0.5) is 4.39 Å². The highest BCUT2D eigenvalue weighted by Crippen LogP contribution is 2.13.